The van der Waals surface area contributed by atoms with E-state index in [9.17, 15) is 0 Å². The molecule has 0 aromatic carbocycles. The van der Waals surface area contributed by atoms with E-state index in [-0.39, 0.29) is 0 Å². The first kappa shape index (κ1) is 16.9. The molecule has 114 valence electrons. The summed E-state index contributed by atoms with van der Waals surface area (Å²) in [7, 11) is 0. The number of nitrogens with zero attached hydrogens (tertiary/aromatic N) is 2. The molecule has 1 saturated heterocycles. The molecule has 1 heterocycles. The van der Waals surface area contributed by atoms with Crippen LogP contribution < -0.4 is 5.32 Å². The molecule has 1 rings (SSSR count). The highest BCUT2D eigenvalue weighted by Crippen LogP contribution is 2.33. The van der Waals surface area contributed by atoms with Gasteiger partial charge >= 0.3 is 0 Å². The van der Waals surface area contributed by atoms with Crippen LogP contribution >= 0.6 is 0 Å². The molecule has 0 saturated carbocycles. The number of hydrogen-bond acceptors (Lipinski definition) is 3. The minimum Gasteiger partial charge on any atom is -0.314 e. The van der Waals surface area contributed by atoms with E-state index in [0.717, 1.165) is 32.1 Å². The van der Waals surface area contributed by atoms with E-state index in [1.165, 1.54) is 32.6 Å². The fourth-order valence-electron chi connectivity index (χ4n) is 2.88. The van der Waals surface area contributed by atoms with Crippen molar-refractivity contribution in [3.8, 4) is 0 Å². The molecular formula is C16H35N3. The second-order valence-electron chi connectivity index (χ2n) is 6.93. The van der Waals surface area contributed by atoms with Crippen LogP contribution in [-0.4, -0.2) is 62.2 Å². The molecule has 1 unspecified atom stereocenters. The first-order valence-electron chi connectivity index (χ1n) is 8.12. The Labute approximate surface area is 120 Å². The molecule has 0 radical (unpaired) electrons. The van der Waals surface area contributed by atoms with Gasteiger partial charge in [-0.2, -0.15) is 0 Å². The van der Waals surface area contributed by atoms with Crippen molar-refractivity contribution in [3.05, 3.63) is 0 Å². The standard InChI is InChI=1S/C16H35N3/c1-6-18(7-2)12-9-17-10-13-19-11-8-15(14-19)16(3,4)5/h15,17H,6-14H2,1-5H3. The molecule has 19 heavy (non-hydrogen) atoms. The Morgan fingerprint density at radius 1 is 1.16 bits per heavy atom. The van der Waals surface area contributed by atoms with Crippen LogP contribution in [0, 0.1) is 11.3 Å². The van der Waals surface area contributed by atoms with Crippen LogP contribution in [0.15, 0.2) is 0 Å². The van der Waals surface area contributed by atoms with Crippen molar-refractivity contribution in [2.24, 2.45) is 11.3 Å². The highest BCUT2D eigenvalue weighted by molar-refractivity contribution is 4.83. The molecule has 0 aromatic heterocycles. The van der Waals surface area contributed by atoms with Gasteiger partial charge in [0.2, 0.25) is 0 Å². The Kier molecular flexibility index (Phi) is 7.33. The lowest BCUT2D eigenvalue weighted by Crippen LogP contribution is -2.36. The topological polar surface area (TPSA) is 18.5 Å². The largest absolute Gasteiger partial charge is 0.314 e. The van der Waals surface area contributed by atoms with E-state index < -0.39 is 0 Å². The fourth-order valence-corrected chi connectivity index (χ4v) is 2.88. The Morgan fingerprint density at radius 3 is 2.37 bits per heavy atom. The summed E-state index contributed by atoms with van der Waals surface area (Å²) in [5.74, 6) is 0.878. The average Bonchev–Trinajstić information content (AvgIpc) is 2.82. The fraction of sp³-hybridized carbons (Fsp3) is 1.00. The van der Waals surface area contributed by atoms with Crippen molar-refractivity contribution in [1.29, 1.82) is 0 Å². The van der Waals surface area contributed by atoms with Gasteiger partial charge in [0.25, 0.3) is 0 Å². The van der Waals surface area contributed by atoms with Gasteiger partial charge in [-0.3, -0.25) is 0 Å². The van der Waals surface area contributed by atoms with Gasteiger partial charge < -0.3 is 15.1 Å². The van der Waals surface area contributed by atoms with Crippen molar-refractivity contribution >= 4 is 0 Å². The van der Waals surface area contributed by atoms with E-state index in [2.05, 4.69) is 49.7 Å². The molecule has 3 nitrogen and oxygen atoms in total. The minimum atomic E-state index is 0.477. The highest BCUT2D eigenvalue weighted by atomic mass is 15.2. The van der Waals surface area contributed by atoms with Gasteiger partial charge in [-0.05, 0) is 37.4 Å². The molecule has 0 aliphatic carbocycles. The number of rotatable bonds is 8. The maximum absolute atomic E-state index is 3.58. The van der Waals surface area contributed by atoms with Crippen molar-refractivity contribution in [2.45, 2.75) is 41.0 Å². The van der Waals surface area contributed by atoms with Crippen molar-refractivity contribution in [2.75, 3.05) is 52.4 Å². The molecule has 0 bridgehead atoms. The zero-order valence-electron chi connectivity index (χ0n) is 13.8. The highest BCUT2D eigenvalue weighted by Gasteiger charge is 2.31. The molecular weight excluding hydrogens is 234 g/mol. The Morgan fingerprint density at radius 2 is 1.84 bits per heavy atom. The van der Waals surface area contributed by atoms with Gasteiger partial charge in [-0.25, -0.2) is 0 Å². The van der Waals surface area contributed by atoms with Gasteiger partial charge in [-0.15, -0.1) is 0 Å². The maximum atomic E-state index is 3.58. The van der Waals surface area contributed by atoms with Crippen molar-refractivity contribution < 1.29 is 0 Å². The molecule has 0 amide bonds. The van der Waals surface area contributed by atoms with E-state index in [1.54, 1.807) is 0 Å². The van der Waals surface area contributed by atoms with Crippen LogP contribution in [0.5, 0.6) is 0 Å². The summed E-state index contributed by atoms with van der Waals surface area (Å²) in [6.45, 7) is 21.2. The smallest absolute Gasteiger partial charge is 0.0107 e. The van der Waals surface area contributed by atoms with Gasteiger partial charge in [-0.1, -0.05) is 34.6 Å². The summed E-state index contributed by atoms with van der Waals surface area (Å²) in [4.78, 5) is 5.10. The predicted molar refractivity (Wildman–Crippen MR) is 84.7 cm³/mol. The van der Waals surface area contributed by atoms with Crippen LogP contribution in [0.3, 0.4) is 0 Å². The Balaban J connectivity index is 2.05. The summed E-state index contributed by atoms with van der Waals surface area (Å²) in [5, 5.41) is 3.58. The number of likely N-dealkylation sites (N-methyl/N-ethyl adjacent to an activating group) is 1. The van der Waals surface area contributed by atoms with Gasteiger partial charge in [0, 0.05) is 32.7 Å². The number of nitrogens with one attached hydrogen (secondary N) is 1. The molecule has 1 N–H and O–H groups in total. The van der Waals surface area contributed by atoms with E-state index in [4.69, 9.17) is 0 Å². The molecule has 1 fully saturated rings. The zero-order valence-corrected chi connectivity index (χ0v) is 13.8. The second kappa shape index (κ2) is 8.23. The van der Waals surface area contributed by atoms with Gasteiger partial charge in [0.1, 0.15) is 0 Å². The van der Waals surface area contributed by atoms with Crippen LogP contribution in [0.1, 0.15) is 41.0 Å². The zero-order chi connectivity index (χ0) is 14.3. The first-order chi connectivity index (χ1) is 8.97. The third-order valence-corrected chi connectivity index (χ3v) is 4.60. The quantitative estimate of drug-likeness (QED) is 0.682. The molecule has 1 aliphatic heterocycles. The van der Waals surface area contributed by atoms with Crippen LogP contribution in [0.4, 0.5) is 0 Å². The lowest BCUT2D eigenvalue weighted by Gasteiger charge is -2.27. The minimum absolute atomic E-state index is 0.477. The number of likely N-dealkylation sites (tertiary alicyclic amines) is 1. The van der Waals surface area contributed by atoms with Gasteiger partial charge in [0.05, 0.1) is 0 Å². The summed E-state index contributed by atoms with van der Waals surface area (Å²) in [6.07, 6.45) is 1.38. The summed E-state index contributed by atoms with van der Waals surface area (Å²) < 4.78 is 0. The molecule has 1 atom stereocenters. The lowest BCUT2D eigenvalue weighted by atomic mass is 9.80. The third kappa shape index (κ3) is 6.24. The molecule has 3 heteroatoms. The Hall–Kier alpha value is -0.120. The van der Waals surface area contributed by atoms with Gasteiger partial charge in [0.15, 0.2) is 0 Å². The predicted octanol–water partition coefficient (Wildman–Crippen LogP) is 2.29. The maximum Gasteiger partial charge on any atom is 0.0107 e. The average molecular weight is 269 g/mol. The van der Waals surface area contributed by atoms with Crippen LogP contribution in [0.25, 0.3) is 0 Å². The van der Waals surface area contributed by atoms with Crippen LogP contribution in [0.2, 0.25) is 0 Å². The molecule has 0 aromatic rings. The summed E-state index contributed by atoms with van der Waals surface area (Å²) in [6, 6.07) is 0. The van der Waals surface area contributed by atoms with E-state index in [1.807, 2.05) is 0 Å². The lowest BCUT2D eigenvalue weighted by molar-refractivity contribution is 0.228. The van der Waals surface area contributed by atoms with E-state index in [0.29, 0.717) is 5.41 Å². The third-order valence-electron chi connectivity index (χ3n) is 4.60. The van der Waals surface area contributed by atoms with Crippen molar-refractivity contribution in [1.82, 2.24) is 15.1 Å². The second-order valence-corrected chi connectivity index (χ2v) is 6.93. The Bertz CT molecular complexity index is 231. The summed E-state index contributed by atoms with van der Waals surface area (Å²) in [5.41, 5.74) is 0.477. The number of hydrogen-bond donors (Lipinski definition) is 1. The monoisotopic (exact) mass is 269 g/mol. The SMILES string of the molecule is CCN(CC)CCNCCN1CCC(C(C)(C)C)C1. The van der Waals surface area contributed by atoms with Crippen molar-refractivity contribution in [3.63, 3.8) is 0 Å². The van der Waals surface area contributed by atoms with Crippen LogP contribution in [-0.2, 0) is 0 Å². The first-order valence-corrected chi connectivity index (χ1v) is 8.12. The normalized spacial score (nSPS) is 21.5. The molecule has 0 spiro atoms. The van der Waals surface area contributed by atoms with E-state index >= 15 is 0 Å². The molecule has 1 aliphatic rings. The summed E-state index contributed by atoms with van der Waals surface area (Å²) >= 11 is 0.